The van der Waals surface area contributed by atoms with E-state index in [0.717, 1.165) is 37.3 Å². The lowest BCUT2D eigenvalue weighted by atomic mass is 9.82. The first kappa shape index (κ1) is 21.1. The molecule has 2 aliphatic heterocycles. The second-order valence-electron chi connectivity index (χ2n) is 8.71. The number of anilines is 1. The lowest BCUT2D eigenvalue weighted by Gasteiger charge is -2.50. The van der Waals surface area contributed by atoms with Gasteiger partial charge in [0.05, 0.1) is 16.9 Å². The summed E-state index contributed by atoms with van der Waals surface area (Å²) in [5.74, 6) is -0.155. The van der Waals surface area contributed by atoms with Crippen LogP contribution in [0, 0.1) is 16.0 Å². The Morgan fingerprint density at radius 2 is 2.10 bits per heavy atom. The van der Waals surface area contributed by atoms with Crippen molar-refractivity contribution in [2.45, 2.75) is 50.6 Å². The van der Waals surface area contributed by atoms with Crippen molar-refractivity contribution in [3.63, 3.8) is 0 Å². The van der Waals surface area contributed by atoms with Crippen LogP contribution < -0.4 is 10.2 Å². The molecule has 2 atom stereocenters. The first-order valence-corrected chi connectivity index (χ1v) is 11.1. The van der Waals surface area contributed by atoms with E-state index in [4.69, 9.17) is 4.74 Å². The zero-order valence-corrected chi connectivity index (χ0v) is 17.7. The number of amides is 1. The number of ether oxygens (including phenoxy) is 1. The number of piperazine rings is 1. The molecule has 8 heteroatoms. The quantitative estimate of drug-likeness (QED) is 0.417. The maximum Gasteiger partial charge on any atom is 0.269 e. The molecule has 2 unspecified atom stereocenters. The van der Waals surface area contributed by atoms with E-state index in [-0.39, 0.29) is 28.5 Å². The Morgan fingerprint density at radius 1 is 1.30 bits per heavy atom. The molecule has 30 heavy (non-hydrogen) atoms. The number of non-ortho nitro benzene ring substituents is 1. The summed E-state index contributed by atoms with van der Waals surface area (Å²) >= 11 is 0. The van der Waals surface area contributed by atoms with Gasteiger partial charge in [0.2, 0.25) is 5.91 Å². The maximum atomic E-state index is 13.1. The third kappa shape index (κ3) is 4.30. The van der Waals surface area contributed by atoms with Crippen LogP contribution in [0.5, 0.6) is 0 Å². The number of nitro benzene ring substituents is 1. The smallest absolute Gasteiger partial charge is 0.269 e. The van der Waals surface area contributed by atoms with Crippen molar-refractivity contribution in [1.82, 2.24) is 10.2 Å². The molecule has 1 aromatic rings. The standard InChI is InChI=1S/C22H32N4O4/c1-30-12-4-9-23-22(27)19-14-16-13-18(26(28)29)7-8-20(16)25-11-10-24(15-21(19)25)17-5-2-3-6-17/h7-8,13,17,19,21H,2-6,9-12,14-15H2,1H3,(H,23,27). The highest BCUT2D eigenvalue weighted by molar-refractivity contribution is 5.82. The van der Waals surface area contributed by atoms with E-state index < -0.39 is 0 Å². The average Bonchev–Trinajstić information content (AvgIpc) is 3.30. The van der Waals surface area contributed by atoms with Crippen molar-refractivity contribution in [2.75, 3.05) is 44.8 Å². The van der Waals surface area contributed by atoms with Gasteiger partial charge in [0.15, 0.2) is 0 Å². The van der Waals surface area contributed by atoms with Crippen molar-refractivity contribution < 1.29 is 14.5 Å². The number of nitro groups is 1. The molecule has 1 saturated carbocycles. The van der Waals surface area contributed by atoms with Crippen molar-refractivity contribution in [1.29, 1.82) is 0 Å². The second-order valence-corrected chi connectivity index (χ2v) is 8.71. The Labute approximate surface area is 177 Å². The van der Waals surface area contributed by atoms with Gasteiger partial charge in [-0.15, -0.1) is 0 Å². The number of rotatable bonds is 7. The first-order valence-electron chi connectivity index (χ1n) is 11.1. The van der Waals surface area contributed by atoms with Gasteiger partial charge in [-0.05, 0) is 37.3 Å². The lowest BCUT2D eigenvalue weighted by molar-refractivity contribution is -0.384. The molecular weight excluding hydrogens is 384 g/mol. The van der Waals surface area contributed by atoms with Gasteiger partial charge in [0.1, 0.15) is 0 Å². The van der Waals surface area contributed by atoms with Crippen LogP contribution in [0.1, 0.15) is 37.7 Å². The molecule has 1 N–H and O–H groups in total. The fourth-order valence-corrected chi connectivity index (χ4v) is 5.41. The number of hydrogen-bond donors (Lipinski definition) is 1. The highest BCUT2D eigenvalue weighted by Gasteiger charge is 2.43. The molecule has 2 fully saturated rings. The molecule has 0 radical (unpaired) electrons. The summed E-state index contributed by atoms with van der Waals surface area (Å²) in [6.45, 7) is 3.94. The van der Waals surface area contributed by atoms with Gasteiger partial charge in [-0.2, -0.15) is 0 Å². The summed E-state index contributed by atoms with van der Waals surface area (Å²) in [7, 11) is 1.66. The number of methoxy groups -OCH3 is 1. The van der Waals surface area contributed by atoms with Crippen LogP contribution in [0.3, 0.4) is 0 Å². The minimum absolute atomic E-state index is 0.0477. The van der Waals surface area contributed by atoms with Crippen molar-refractivity contribution >= 4 is 17.3 Å². The highest BCUT2D eigenvalue weighted by atomic mass is 16.6. The molecule has 0 aromatic heterocycles. The monoisotopic (exact) mass is 416 g/mol. The van der Waals surface area contributed by atoms with Crippen LogP contribution in [-0.4, -0.2) is 67.7 Å². The van der Waals surface area contributed by atoms with E-state index in [1.54, 1.807) is 19.2 Å². The summed E-state index contributed by atoms with van der Waals surface area (Å²) in [5.41, 5.74) is 2.06. The van der Waals surface area contributed by atoms with E-state index in [1.807, 2.05) is 6.07 Å². The van der Waals surface area contributed by atoms with Crippen molar-refractivity contribution in [3.05, 3.63) is 33.9 Å². The molecule has 1 saturated heterocycles. The number of benzene rings is 1. The number of carbonyl (C=O) groups is 1. The average molecular weight is 417 g/mol. The Morgan fingerprint density at radius 3 is 2.83 bits per heavy atom. The minimum atomic E-state index is -0.357. The van der Waals surface area contributed by atoms with Crippen LogP contribution >= 0.6 is 0 Å². The molecule has 2 heterocycles. The Bertz CT molecular complexity index is 780. The first-order chi connectivity index (χ1) is 14.6. The summed E-state index contributed by atoms with van der Waals surface area (Å²) in [6.07, 6.45) is 6.43. The van der Waals surface area contributed by atoms with Gasteiger partial charge in [-0.1, -0.05) is 12.8 Å². The van der Waals surface area contributed by atoms with E-state index in [2.05, 4.69) is 15.1 Å². The topological polar surface area (TPSA) is 87.9 Å². The van der Waals surface area contributed by atoms with Crippen LogP contribution in [0.4, 0.5) is 11.4 Å². The highest BCUT2D eigenvalue weighted by Crippen LogP contribution is 2.39. The van der Waals surface area contributed by atoms with Gasteiger partial charge in [-0.3, -0.25) is 19.8 Å². The zero-order chi connectivity index (χ0) is 21.1. The molecule has 164 valence electrons. The Balaban J connectivity index is 1.57. The molecule has 1 aliphatic carbocycles. The molecule has 4 rings (SSSR count). The van der Waals surface area contributed by atoms with E-state index >= 15 is 0 Å². The van der Waals surface area contributed by atoms with E-state index in [1.165, 1.54) is 25.7 Å². The van der Waals surface area contributed by atoms with E-state index in [0.29, 0.717) is 25.6 Å². The predicted molar refractivity (Wildman–Crippen MR) is 115 cm³/mol. The molecule has 0 bridgehead atoms. The van der Waals surface area contributed by atoms with Crippen LogP contribution in [-0.2, 0) is 16.0 Å². The molecule has 1 amide bonds. The fraction of sp³-hybridized carbons (Fsp3) is 0.682. The largest absolute Gasteiger partial charge is 0.385 e. The number of hydrogen-bond acceptors (Lipinski definition) is 6. The number of fused-ring (bicyclic) bond motifs is 3. The van der Waals surface area contributed by atoms with Gasteiger partial charge < -0.3 is 15.0 Å². The van der Waals surface area contributed by atoms with Crippen LogP contribution in [0.2, 0.25) is 0 Å². The van der Waals surface area contributed by atoms with Gasteiger partial charge in [0, 0.05) is 63.8 Å². The predicted octanol–water partition coefficient (Wildman–Crippen LogP) is 2.35. The van der Waals surface area contributed by atoms with E-state index in [9.17, 15) is 14.9 Å². The summed E-state index contributed by atoms with van der Waals surface area (Å²) in [5, 5.41) is 14.3. The van der Waals surface area contributed by atoms with Crippen molar-refractivity contribution in [2.24, 2.45) is 5.92 Å². The van der Waals surface area contributed by atoms with Gasteiger partial charge in [-0.25, -0.2) is 0 Å². The van der Waals surface area contributed by atoms with Crippen LogP contribution in [0.15, 0.2) is 18.2 Å². The zero-order valence-electron chi connectivity index (χ0n) is 17.7. The molecule has 0 spiro atoms. The second kappa shape index (κ2) is 9.31. The van der Waals surface area contributed by atoms with Crippen molar-refractivity contribution in [3.8, 4) is 0 Å². The minimum Gasteiger partial charge on any atom is -0.385 e. The number of carbonyl (C=O) groups excluding carboxylic acids is 1. The van der Waals surface area contributed by atoms with Gasteiger partial charge >= 0.3 is 0 Å². The molecular formula is C22H32N4O4. The fourth-order valence-electron chi connectivity index (χ4n) is 5.41. The number of nitrogens with one attached hydrogen (secondary N) is 1. The maximum absolute atomic E-state index is 13.1. The molecule has 8 nitrogen and oxygen atoms in total. The summed E-state index contributed by atoms with van der Waals surface area (Å²) < 4.78 is 5.08. The Hall–Kier alpha value is -2.19. The third-order valence-electron chi connectivity index (χ3n) is 6.94. The molecule has 3 aliphatic rings. The Kier molecular flexibility index (Phi) is 6.53. The summed E-state index contributed by atoms with van der Waals surface area (Å²) in [4.78, 5) is 29.0. The molecule has 1 aromatic carbocycles. The number of nitrogens with zero attached hydrogens (tertiary/aromatic N) is 3. The third-order valence-corrected chi connectivity index (χ3v) is 6.94. The van der Waals surface area contributed by atoms with Gasteiger partial charge in [0.25, 0.3) is 5.69 Å². The normalized spacial score (nSPS) is 24.4. The van der Waals surface area contributed by atoms with Crippen LogP contribution in [0.25, 0.3) is 0 Å². The lowest BCUT2D eigenvalue weighted by Crippen LogP contribution is -2.62. The SMILES string of the molecule is COCCCNC(=O)C1Cc2cc([N+](=O)[O-])ccc2N2CCN(C3CCCC3)CC12. The summed E-state index contributed by atoms with van der Waals surface area (Å²) in [6, 6.07) is 5.86.